The van der Waals surface area contributed by atoms with Crippen molar-refractivity contribution >= 4 is 9.84 Å². The van der Waals surface area contributed by atoms with Gasteiger partial charge >= 0.3 is 0 Å². The topological polar surface area (TPSA) is 46.2 Å². The van der Waals surface area contributed by atoms with Gasteiger partial charge in [0.05, 0.1) is 11.5 Å². The molecule has 0 amide bonds. The Morgan fingerprint density at radius 2 is 2.12 bits per heavy atom. The highest BCUT2D eigenvalue weighted by Gasteiger charge is 2.24. The van der Waals surface area contributed by atoms with Crippen LogP contribution in [-0.4, -0.2) is 27.3 Å². The van der Waals surface area contributed by atoms with E-state index in [1.54, 1.807) is 0 Å². The molecule has 1 heterocycles. The first kappa shape index (κ1) is 11.6. The minimum atomic E-state index is -2.95. The molecule has 3 nitrogen and oxygen atoms in total. The Bertz CT molecular complexity index is 464. The van der Waals surface area contributed by atoms with Crippen molar-refractivity contribution in [3.8, 4) is 0 Å². The predicted molar refractivity (Wildman–Crippen MR) is 65.0 cm³/mol. The second-order valence-electron chi connectivity index (χ2n) is 4.57. The number of nitrogens with one attached hydrogen (secondary N) is 1. The first-order valence-corrected chi connectivity index (χ1v) is 7.34. The lowest BCUT2D eigenvalue weighted by molar-refractivity contribution is 0.378. The molecule has 0 saturated carbocycles. The zero-order valence-electron chi connectivity index (χ0n) is 9.44. The standard InChI is InChI=1S/C12H17NO2S/c1-10-3-2-4-11(5-10)8-16(14,15)9-12-6-13-7-12/h2-5,12-13H,6-9H2,1H3. The molecule has 0 radical (unpaired) electrons. The maximum Gasteiger partial charge on any atom is 0.154 e. The Morgan fingerprint density at radius 1 is 1.38 bits per heavy atom. The van der Waals surface area contributed by atoms with E-state index in [9.17, 15) is 8.42 Å². The predicted octanol–water partition coefficient (Wildman–Crippen LogP) is 1.13. The molecular weight excluding hydrogens is 222 g/mol. The molecule has 1 aliphatic heterocycles. The number of sulfone groups is 1. The highest BCUT2D eigenvalue weighted by Crippen LogP contribution is 2.13. The molecule has 0 spiro atoms. The van der Waals surface area contributed by atoms with Gasteiger partial charge in [-0.15, -0.1) is 0 Å². The third kappa shape index (κ3) is 3.06. The number of hydrogen-bond acceptors (Lipinski definition) is 3. The summed E-state index contributed by atoms with van der Waals surface area (Å²) in [7, 11) is -2.95. The molecule has 1 N–H and O–H groups in total. The van der Waals surface area contributed by atoms with E-state index in [-0.39, 0.29) is 5.75 Å². The SMILES string of the molecule is Cc1cccc(CS(=O)(=O)CC2CNC2)c1. The van der Waals surface area contributed by atoms with Crippen molar-refractivity contribution in [1.82, 2.24) is 5.32 Å². The van der Waals surface area contributed by atoms with Gasteiger partial charge in [0.25, 0.3) is 0 Å². The van der Waals surface area contributed by atoms with E-state index in [2.05, 4.69) is 5.32 Å². The fourth-order valence-electron chi connectivity index (χ4n) is 1.94. The molecule has 4 heteroatoms. The summed E-state index contributed by atoms with van der Waals surface area (Å²) in [5.41, 5.74) is 2.00. The summed E-state index contributed by atoms with van der Waals surface area (Å²) >= 11 is 0. The Labute approximate surface area is 96.8 Å². The molecule has 0 unspecified atom stereocenters. The molecule has 1 aromatic rings. The van der Waals surface area contributed by atoms with Gasteiger partial charge in [0.15, 0.2) is 9.84 Å². The number of aryl methyl sites for hydroxylation is 1. The van der Waals surface area contributed by atoms with Crippen LogP contribution in [0.3, 0.4) is 0 Å². The van der Waals surface area contributed by atoms with E-state index in [0.717, 1.165) is 24.2 Å². The molecule has 1 saturated heterocycles. The molecule has 2 rings (SSSR count). The van der Waals surface area contributed by atoms with E-state index in [1.807, 2.05) is 31.2 Å². The smallest absolute Gasteiger partial charge is 0.154 e. The first-order chi connectivity index (χ1) is 7.55. The van der Waals surface area contributed by atoms with E-state index in [4.69, 9.17) is 0 Å². The Morgan fingerprint density at radius 3 is 2.69 bits per heavy atom. The summed E-state index contributed by atoms with van der Waals surface area (Å²) in [5.74, 6) is 0.800. The largest absolute Gasteiger partial charge is 0.316 e. The van der Waals surface area contributed by atoms with Gasteiger partial charge in [0.1, 0.15) is 0 Å². The molecule has 0 aromatic heterocycles. The molecular formula is C12H17NO2S. The molecule has 0 bridgehead atoms. The van der Waals surface area contributed by atoms with Gasteiger partial charge in [0, 0.05) is 13.1 Å². The summed E-state index contributed by atoms with van der Waals surface area (Å²) in [6, 6.07) is 7.71. The van der Waals surface area contributed by atoms with Gasteiger partial charge in [-0.2, -0.15) is 0 Å². The maximum absolute atomic E-state index is 11.9. The van der Waals surface area contributed by atoms with Gasteiger partial charge in [-0.1, -0.05) is 29.8 Å². The van der Waals surface area contributed by atoms with Crippen molar-refractivity contribution in [3.63, 3.8) is 0 Å². The zero-order chi connectivity index (χ0) is 11.6. The van der Waals surface area contributed by atoms with Crippen LogP contribution >= 0.6 is 0 Å². The number of hydrogen-bond donors (Lipinski definition) is 1. The molecule has 0 aliphatic carbocycles. The first-order valence-electron chi connectivity index (χ1n) is 5.52. The monoisotopic (exact) mass is 239 g/mol. The van der Waals surface area contributed by atoms with Gasteiger partial charge in [0.2, 0.25) is 0 Å². The van der Waals surface area contributed by atoms with Crippen molar-refractivity contribution in [1.29, 1.82) is 0 Å². The van der Waals surface area contributed by atoms with Crippen molar-refractivity contribution < 1.29 is 8.42 Å². The van der Waals surface area contributed by atoms with Crippen molar-refractivity contribution in [3.05, 3.63) is 35.4 Å². The molecule has 16 heavy (non-hydrogen) atoms. The summed E-state index contributed by atoms with van der Waals surface area (Å²) in [6.45, 7) is 3.66. The molecule has 1 aromatic carbocycles. The molecule has 0 atom stereocenters. The van der Waals surface area contributed by atoms with E-state index in [0.29, 0.717) is 11.7 Å². The van der Waals surface area contributed by atoms with E-state index in [1.165, 1.54) is 0 Å². The zero-order valence-corrected chi connectivity index (χ0v) is 10.3. The average molecular weight is 239 g/mol. The van der Waals surface area contributed by atoms with Crippen LogP contribution in [0.4, 0.5) is 0 Å². The summed E-state index contributed by atoms with van der Waals surface area (Å²) in [6.07, 6.45) is 0. The van der Waals surface area contributed by atoms with Crippen LogP contribution in [0.2, 0.25) is 0 Å². The second-order valence-corrected chi connectivity index (χ2v) is 6.68. The Balaban J connectivity index is 2.02. The minimum Gasteiger partial charge on any atom is -0.316 e. The Hall–Kier alpha value is -0.870. The maximum atomic E-state index is 11.9. The van der Waals surface area contributed by atoms with Gasteiger partial charge in [-0.3, -0.25) is 0 Å². The normalized spacial score (nSPS) is 17.1. The van der Waals surface area contributed by atoms with Crippen LogP contribution in [0.25, 0.3) is 0 Å². The van der Waals surface area contributed by atoms with Crippen LogP contribution in [-0.2, 0) is 15.6 Å². The van der Waals surface area contributed by atoms with Gasteiger partial charge in [-0.05, 0) is 18.4 Å². The van der Waals surface area contributed by atoms with Crippen LogP contribution < -0.4 is 5.32 Å². The Kier molecular flexibility index (Phi) is 3.30. The van der Waals surface area contributed by atoms with Crippen LogP contribution in [0.1, 0.15) is 11.1 Å². The quantitative estimate of drug-likeness (QED) is 0.856. The lowest BCUT2D eigenvalue weighted by Gasteiger charge is -2.26. The summed E-state index contributed by atoms with van der Waals surface area (Å²) in [4.78, 5) is 0. The average Bonchev–Trinajstić information content (AvgIpc) is 2.11. The lowest BCUT2D eigenvalue weighted by atomic mass is 10.1. The third-order valence-electron chi connectivity index (χ3n) is 2.82. The van der Waals surface area contributed by atoms with Gasteiger partial charge < -0.3 is 5.32 Å². The fraction of sp³-hybridized carbons (Fsp3) is 0.500. The minimum absolute atomic E-state index is 0.172. The lowest BCUT2D eigenvalue weighted by Crippen LogP contribution is -2.45. The third-order valence-corrected chi connectivity index (χ3v) is 4.58. The van der Waals surface area contributed by atoms with Crippen LogP contribution in [0.5, 0.6) is 0 Å². The number of benzene rings is 1. The second kappa shape index (κ2) is 4.55. The highest BCUT2D eigenvalue weighted by atomic mass is 32.2. The van der Waals surface area contributed by atoms with Crippen LogP contribution in [0.15, 0.2) is 24.3 Å². The summed E-state index contributed by atoms with van der Waals surface area (Å²) < 4.78 is 23.8. The summed E-state index contributed by atoms with van der Waals surface area (Å²) in [5, 5.41) is 3.09. The fourth-order valence-corrected chi connectivity index (χ4v) is 3.70. The van der Waals surface area contributed by atoms with E-state index < -0.39 is 9.84 Å². The van der Waals surface area contributed by atoms with Gasteiger partial charge in [-0.25, -0.2) is 8.42 Å². The van der Waals surface area contributed by atoms with Crippen molar-refractivity contribution in [2.45, 2.75) is 12.7 Å². The molecule has 88 valence electrons. The molecule has 1 fully saturated rings. The highest BCUT2D eigenvalue weighted by molar-refractivity contribution is 7.90. The van der Waals surface area contributed by atoms with Crippen molar-refractivity contribution in [2.75, 3.05) is 18.8 Å². The number of rotatable bonds is 4. The molecule has 1 aliphatic rings. The van der Waals surface area contributed by atoms with Crippen LogP contribution in [0, 0.1) is 12.8 Å². The van der Waals surface area contributed by atoms with E-state index >= 15 is 0 Å². The van der Waals surface area contributed by atoms with Crippen molar-refractivity contribution in [2.24, 2.45) is 5.92 Å².